The maximum atomic E-state index is 12.0. The van der Waals surface area contributed by atoms with Crippen LogP contribution >= 0.6 is 0 Å². The molecule has 0 aliphatic rings. The molecule has 33 heavy (non-hydrogen) atoms. The summed E-state index contributed by atoms with van der Waals surface area (Å²) in [6.45, 7) is 1.58. The lowest BCUT2D eigenvalue weighted by atomic mass is 10.2. The van der Waals surface area contributed by atoms with Gasteiger partial charge in [0.25, 0.3) is 5.91 Å². The summed E-state index contributed by atoms with van der Waals surface area (Å²) in [5.74, 6) is -0.998. The van der Waals surface area contributed by atoms with E-state index in [1.54, 1.807) is 55.5 Å². The van der Waals surface area contributed by atoms with E-state index in [1.165, 1.54) is 6.07 Å². The lowest BCUT2D eigenvalue weighted by Gasteiger charge is -2.12. The minimum Gasteiger partial charge on any atom is -0.484 e. The van der Waals surface area contributed by atoms with Crippen LogP contribution in [0, 0.1) is 10.1 Å². The number of amides is 1. The summed E-state index contributed by atoms with van der Waals surface area (Å²) >= 11 is 0. The Hall–Kier alpha value is -4.74. The molecule has 12 heteroatoms. The molecule has 2 aromatic carbocycles. The molecule has 0 fully saturated rings. The predicted molar refractivity (Wildman–Crippen MR) is 118 cm³/mol. The number of hydrazine groups is 1. The Balaban J connectivity index is 1.71. The first-order chi connectivity index (χ1) is 16.0. The van der Waals surface area contributed by atoms with Crippen LogP contribution in [0.5, 0.6) is 5.75 Å². The number of nitrogens with one attached hydrogen (secondary N) is 3. The molecule has 3 N–H and O–H groups in total. The van der Waals surface area contributed by atoms with Crippen molar-refractivity contribution in [2.45, 2.75) is 6.92 Å². The fourth-order valence-electron chi connectivity index (χ4n) is 2.64. The minimum atomic E-state index is -0.702. The highest BCUT2D eigenvalue weighted by molar-refractivity contribution is 5.91. The summed E-state index contributed by atoms with van der Waals surface area (Å²) in [5.41, 5.74) is 4.84. The first-order valence-electron chi connectivity index (χ1n) is 9.74. The average Bonchev–Trinajstić information content (AvgIpc) is 2.82. The van der Waals surface area contributed by atoms with Crippen LogP contribution in [0.25, 0.3) is 0 Å². The van der Waals surface area contributed by atoms with Gasteiger partial charge in [-0.05, 0) is 37.3 Å². The topological polar surface area (TPSA) is 158 Å². The van der Waals surface area contributed by atoms with Gasteiger partial charge < -0.3 is 14.8 Å². The van der Waals surface area contributed by atoms with Crippen LogP contribution in [0.4, 0.5) is 23.0 Å². The molecule has 12 nitrogen and oxygen atoms in total. The molecule has 0 saturated carbocycles. The summed E-state index contributed by atoms with van der Waals surface area (Å²) in [6, 6.07) is 14.9. The molecular weight excluding hydrogens is 432 g/mol. The van der Waals surface area contributed by atoms with Crippen LogP contribution in [0.2, 0.25) is 0 Å². The molecule has 3 aromatic rings. The Morgan fingerprint density at radius 3 is 2.55 bits per heavy atom. The number of benzene rings is 2. The van der Waals surface area contributed by atoms with Crippen LogP contribution in [0.15, 0.2) is 60.9 Å². The second-order valence-corrected chi connectivity index (χ2v) is 6.38. The molecule has 3 rings (SSSR count). The molecule has 1 heterocycles. The van der Waals surface area contributed by atoms with E-state index in [2.05, 4.69) is 26.1 Å². The number of carbonyl (C=O) groups is 2. The highest BCUT2D eigenvalue weighted by Crippen LogP contribution is 2.31. The quantitative estimate of drug-likeness (QED) is 0.237. The van der Waals surface area contributed by atoms with Gasteiger partial charge in [-0.3, -0.25) is 25.8 Å². The number of esters is 1. The van der Waals surface area contributed by atoms with Crippen molar-refractivity contribution in [3.63, 3.8) is 0 Å². The van der Waals surface area contributed by atoms with Gasteiger partial charge in [0.15, 0.2) is 6.61 Å². The lowest BCUT2D eigenvalue weighted by molar-refractivity contribution is -0.383. The number of aromatic nitrogens is 2. The number of nitro groups is 1. The Morgan fingerprint density at radius 2 is 1.82 bits per heavy atom. The van der Waals surface area contributed by atoms with Gasteiger partial charge in [0.1, 0.15) is 12.1 Å². The first-order valence-corrected chi connectivity index (χ1v) is 9.74. The van der Waals surface area contributed by atoms with Crippen molar-refractivity contribution in [1.82, 2.24) is 15.4 Å². The van der Waals surface area contributed by atoms with Gasteiger partial charge in [0.05, 0.1) is 17.1 Å². The van der Waals surface area contributed by atoms with Gasteiger partial charge in [-0.2, -0.15) is 0 Å². The van der Waals surface area contributed by atoms with Crippen molar-refractivity contribution in [2.24, 2.45) is 0 Å². The number of hydrogen-bond donors (Lipinski definition) is 3. The van der Waals surface area contributed by atoms with Gasteiger partial charge in [-0.15, -0.1) is 0 Å². The maximum absolute atomic E-state index is 12.0. The summed E-state index contributed by atoms with van der Waals surface area (Å²) in [6.07, 6.45) is 1.08. The maximum Gasteiger partial charge on any atom is 0.355 e. The van der Waals surface area contributed by atoms with Crippen molar-refractivity contribution in [3.05, 3.63) is 76.6 Å². The highest BCUT2D eigenvalue weighted by Gasteiger charge is 2.24. The summed E-state index contributed by atoms with van der Waals surface area (Å²) in [4.78, 5) is 42.7. The van der Waals surface area contributed by atoms with Crippen molar-refractivity contribution in [2.75, 3.05) is 24.0 Å². The largest absolute Gasteiger partial charge is 0.484 e. The zero-order valence-corrected chi connectivity index (χ0v) is 17.5. The SMILES string of the molecule is CCOC(=O)c1cccc(Nc2ncnc(NNC(=O)COc3ccccc3)c2[N+](=O)[O-])c1. The third kappa shape index (κ3) is 6.37. The number of para-hydroxylation sites is 1. The second-order valence-electron chi connectivity index (χ2n) is 6.38. The molecular formula is C21H20N6O6. The van der Waals surface area contributed by atoms with Crippen molar-refractivity contribution < 1.29 is 24.0 Å². The van der Waals surface area contributed by atoms with Gasteiger partial charge in [-0.25, -0.2) is 14.8 Å². The van der Waals surface area contributed by atoms with E-state index in [0.717, 1.165) is 6.33 Å². The molecule has 170 valence electrons. The third-order valence-corrected chi connectivity index (χ3v) is 4.07. The fourth-order valence-corrected chi connectivity index (χ4v) is 2.64. The molecule has 0 spiro atoms. The zero-order valence-electron chi connectivity index (χ0n) is 17.5. The number of rotatable bonds is 10. The van der Waals surface area contributed by atoms with Crippen LogP contribution in [-0.2, 0) is 9.53 Å². The monoisotopic (exact) mass is 452 g/mol. The molecule has 1 aromatic heterocycles. The first kappa shape index (κ1) is 22.9. The van der Waals surface area contributed by atoms with Gasteiger partial charge >= 0.3 is 11.7 Å². The average molecular weight is 452 g/mol. The van der Waals surface area contributed by atoms with Gasteiger partial charge in [-0.1, -0.05) is 24.3 Å². The van der Waals surface area contributed by atoms with Gasteiger partial charge in [0, 0.05) is 5.69 Å². The van der Waals surface area contributed by atoms with E-state index in [1.807, 2.05) is 0 Å². The van der Waals surface area contributed by atoms with E-state index in [4.69, 9.17) is 9.47 Å². The molecule has 1 amide bonds. The number of anilines is 3. The Kier molecular flexibility index (Phi) is 7.67. The van der Waals surface area contributed by atoms with Crippen molar-refractivity contribution in [3.8, 4) is 5.75 Å². The summed E-state index contributed by atoms with van der Waals surface area (Å²) in [7, 11) is 0. The number of carbonyl (C=O) groups excluding carboxylic acids is 2. The van der Waals surface area contributed by atoms with E-state index >= 15 is 0 Å². The third-order valence-electron chi connectivity index (χ3n) is 4.07. The minimum absolute atomic E-state index is 0.145. The molecule has 0 atom stereocenters. The van der Waals surface area contributed by atoms with E-state index < -0.39 is 22.5 Å². The van der Waals surface area contributed by atoms with Crippen LogP contribution < -0.4 is 20.9 Å². The standard InChI is InChI=1S/C21H20N6O6/c1-2-32-21(29)14-7-6-8-15(11-14)24-19-18(27(30)31)20(23-13-22-19)26-25-17(28)12-33-16-9-4-3-5-10-16/h3-11,13H,2,12H2,1H3,(H,25,28)(H2,22,23,24,26). The Morgan fingerprint density at radius 1 is 1.06 bits per heavy atom. The molecule has 0 unspecified atom stereocenters. The van der Waals surface area contributed by atoms with Crippen LogP contribution in [0.1, 0.15) is 17.3 Å². The van der Waals surface area contributed by atoms with E-state index in [-0.39, 0.29) is 30.4 Å². The molecule has 0 aliphatic carbocycles. The number of hydrogen-bond acceptors (Lipinski definition) is 10. The zero-order chi connectivity index (χ0) is 23.6. The van der Waals surface area contributed by atoms with Crippen molar-refractivity contribution >= 4 is 34.9 Å². The lowest BCUT2D eigenvalue weighted by Crippen LogP contribution is -2.34. The summed E-state index contributed by atoms with van der Waals surface area (Å²) in [5, 5.41) is 14.5. The molecule has 0 aliphatic heterocycles. The van der Waals surface area contributed by atoms with Crippen molar-refractivity contribution in [1.29, 1.82) is 0 Å². The van der Waals surface area contributed by atoms with E-state index in [9.17, 15) is 19.7 Å². The van der Waals surface area contributed by atoms with E-state index in [0.29, 0.717) is 11.4 Å². The predicted octanol–water partition coefficient (Wildman–Crippen LogP) is 2.83. The Bertz CT molecular complexity index is 1140. The second kappa shape index (κ2) is 11.0. The smallest absolute Gasteiger partial charge is 0.355 e. The normalized spacial score (nSPS) is 10.1. The molecule has 0 bridgehead atoms. The number of ether oxygens (including phenoxy) is 2. The van der Waals surface area contributed by atoms with Gasteiger partial charge in [0.2, 0.25) is 11.6 Å². The van der Waals surface area contributed by atoms with Crippen LogP contribution in [0.3, 0.4) is 0 Å². The van der Waals surface area contributed by atoms with Crippen LogP contribution in [-0.4, -0.2) is 40.0 Å². The highest BCUT2D eigenvalue weighted by atomic mass is 16.6. The fraction of sp³-hybridized carbons (Fsp3) is 0.143. The number of nitrogens with zero attached hydrogens (tertiary/aromatic N) is 3. The Labute approximate surface area is 188 Å². The summed E-state index contributed by atoms with van der Waals surface area (Å²) < 4.78 is 10.3. The molecule has 0 radical (unpaired) electrons. The molecule has 0 saturated heterocycles.